The average Bonchev–Trinajstić information content (AvgIpc) is 2.89. The average molecular weight is 402 g/mol. The van der Waals surface area contributed by atoms with E-state index in [0.29, 0.717) is 11.4 Å². The molecule has 1 fully saturated rings. The van der Waals surface area contributed by atoms with Crippen molar-refractivity contribution in [2.24, 2.45) is 5.92 Å². The molecule has 1 heterocycles. The summed E-state index contributed by atoms with van der Waals surface area (Å²) in [5, 5.41) is 8.59. The van der Waals surface area contributed by atoms with Crippen LogP contribution in [0.3, 0.4) is 0 Å². The number of hydrogen-bond donors (Lipinski definition) is 3. The molecule has 0 aromatic heterocycles. The van der Waals surface area contributed by atoms with E-state index in [0.717, 1.165) is 5.56 Å². The minimum atomic E-state index is -3.08. The molecule has 0 radical (unpaired) electrons. The van der Waals surface area contributed by atoms with Crippen molar-refractivity contribution in [3.05, 3.63) is 34.9 Å². The summed E-state index contributed by atoms with van der Waals surface area (Å²) >= 11 is 6.07. The predicted octanol–water partition coefficient (Wildman–Crippen LogP) is 1.47. The van der Waals surface area contributed by atoms with Crippen LogP contribution in [0.4, 0.5) is 4.79 Å². The summed E-state index contributed by atoms with van der Waals surface area (Å²) in [6.07, 6.45) is 0.390. The third-order valence-electron chi connectivity index (χ3n) is 4.21. The third kappa shape index (κ3) is 5.88. The highest BCUT2D eigenvalue weighted by Gasteiger charge is 2.30. The molecule has 9 heteroatoms. The van der Waals surface area contributed by atoms with Gasteiger partial charge in [-0.2, -0.15) is 0 Å². The van der Waals surface area contributed by atoms with E-state index in [9.17, 15) is 18.0 Å². The lowest BCUT2D eigenvalue weighted by molar-refractivity contribution is -0.124. The van der Waals surface area contributed by atoms with Crippen LogP contribution in [0.25, 0.3) is 0 Å². The lowest BCUT2D eigenvalue weighted by Gasteiger charge is -2.23. The van der Waals surface area contributed by atoms with Crippen molar-refractivity contribution in [3.63, 3.8) is 0 Å². The van der Waals surface area contributed by atoms with Crippen molar-refractivity contribution < 1.29 is 18.0 Å². The summed E-state index contributed by atoms with van der Waals surface area (Å²) in [7, 11) is -3.08. The van der Waals surface area contributed by atoms with E-state index in [1.165, 1.54) is 0 Å². The minimum Gasteiger partial charge on any atom is -0.350 e. The molecule has 3 amide bonds. The Balaban J connectivity index is 1.90. The molecule has 0 spiro atoms. The molecule has 144 valence electrons. The van der Waals surface area contributed by atoms with Gasteiger partial charge in [-0.3, -0.25) is 4.79 Å². The predicted molar refractivity (Wildman–Crippen MR) is 101 cm³/mol. The van der Waals surface area contributed by atoms with Crippen LogP contribution in [0.1, 0.15) is 25.8 Å². The zero-order valence-electron chi connectivity index (χ0n) is 14.8. The second kappa shape index (κ2) is 8.73. The molecule has 0 bridgehead atoms. The Morgan fingerprint density at radius 3 is 2.54 bits per heavy atom. The number of hydrogen-bond acceptors (Lipinski definition) is 4. The van der Waals surface area contributed by atoms with Crippen LogP contribution in [-0.4, -0.2) is 43.9 Å². The van der Waals surface area contributed by atoms with Gasteiger partial charge >= 0.3 is 6.03 Å². The van der Waals surface area contributed by atoms with Gasteiger partial charge in [-0.05, 0) is 24.0 Å². The van der Waals surface area contributed by atoms with Crippen molar-refractivity contribution in [3.8, 4) is 0 Å². The lowest BCUT2D eigenvalue weighted by Crippen LogP contribution is -2.54. The second-order valence-electron chi connectivity index (χ2n) is 6.75. The normalized spacial score (nSPS) is 19.8. The first-order chi connectivity index (χ1) is 12.2. The first-order valence-corrected chi connectivity index (χ1v) is 10.7. The summed E-state index contributed by atoms with van der Waals surface area (Å²) in [6.45, 7) is 3.89. The van der Waals surface area contributed by atoms with Gasteiger partial charge in [-0.15, -0.1) is 0 Å². The quantitative estimate of drug-likeness (QED) is 0.671. The maximum atomic E-state index is 12.5. The van der Waals surface area contributed by atoms with Crippen LogP contribution in [-0.2, 0) is 21.2 Å². The van der Waals surface area contributed by atoms with E-state index in [1.54, 1.807) is 12.1 Å². The molecule has 0 saturated carbocycles. The van der Waals surface area contributed by atoms with Gasteiger partial charge in [0.25, 0.3) is 0 Å². The number of carbonyl (C=O) groups is 2. The van der Waals surface area contributed by atoms with E-state index in [1.807, 2.05) is 26.0 Å². The fraction of sp³-hybridized carbons (Fsp3) is 0.529. The van der Waals surface area contributed by atoms with Crippen molar-refractivity contribution in [1.82, 2.24) is 16.0 Å². The maximum absolute atomic E-state index is 12.5. The van der Waals surface area contributed by atoms with Gasteiger partial charge in [0.2, 0.25) is 5.91 Å². The molecule has 1 aliphatic heterocycles. The highest BCUT2D eigenvalue weighted by molar-refractivity contribution is 7.91. The van der Waals surface area contributed by atoms with Crippen molar-refractivity contribution >= 4 is 33.4 Å². The Hall–Kier alpha value is -1.80. The zero-order chi connectivity index (χ0) is 19.3. The fourth-order valence-electron chi connectivity index (χ4n) is 2.75. The van der Waals surface area contributed by atoms with Crippen LogP contribution < -0.4 is 16.0 Å². The highest BCUT2D eigenvalue weighted by Crippen LogP contribution is 2.15. The topological polar surface area (TPSA) is 104 Å². The van der Waals surface area contributed by atoms with Gasteiger partial charge in [-0.25, -0.2) is 13.2 Å². The van der Waals surface area contributed by atoms with E-state index >= 15 is 0 Å². The van der Waals surface area contributed by atoms with Crippen LogP contribution in [0.5, 0.6) is 0 Å². The molecule has 1 aliphatic rings. The van der Waals surface area contributed by atoms with Crippen molar-refractivity contribution in [1.29, 1.82) is 0 Å². The van der Waals surface area contributed by atoms with E-state index < -0.39 is 28.0 Å². The molecule has 26 heavy (non-hydrogen) atoms. The SMILES string of the molecule is CC(C)[C@H](NC(=O)N[C@@H]1CCS(=O)(=O)C1)C(=O)NCc1ccccc1Cl. The molecular weight excluding hydrogens is 378 g/mol. The van der Waals surface area contributed by atoms with Gasteiger partial charge in [0, 0.05) is 17.6 Å². The second-order valence-corrected chi connectivity index (χ2v) is 9.38. The molecular formula is C17H24ClN3O4S. The van der Waals surface area contributed by atoms with Gasteiger partial charge in [0.05, 0.1) is 11.5 Å². The van der Waals surface area contributed by atoms with E-state index in [2.05, 4.69) is 16.0 Å². The monoisotopic (exact) mass is 401 g/mol. The standard InChI is InChI=1S/C17H24ClN3O4S/c1-11(2)15(16(22)19-9-12-5-3-4-6-14(12)18)21-17(23)20-13-7-8-26(24,25)10-13/h3-6,11,13,15H,7-10H2,1-2H3,(H,19,22)(H2,20,21,23)/t13-,15+/m1/s1. The minimum absolute atomic E-state index is 0.0640. The van der Waals surface area contributed by atoms with Crippen LogP contribution in [0.2, 0.25) is 5.02 Å². The molecule has 0 unspecified atom stereocenters. The maximum Gasteiger partial charge on any atom is 0.315 e. The Labute approximate surface area is 158 Å². The zero-order valence-corrected chi connectivity index (χ0v) is 16.4. The Kier molecular flexibility index (Phi) is 6.88. The number of nitrogens with one attached hydrogen (secondary N) is 3. The van der Waals surface area contributed by atoms with Gasteiger partial charge in [-0.1, -0.05) is 43.6 Å². The van der Waals surface area contributed by atoms with E-state index in [4.69, 9.17) is 11.6 Å². The van der Waals surface area contributed by atoms with Gasteiger partial charge in [0.15, 0.2) is 9.84 Å². The Bertz CT molecular complexity index is 767. The lowest BCUT2D eigenvalue weighted by atomic mass is 10.0. The number of sulfone groups is 1. The molecule has 0 aliphatic carbocycles. The van der Waals surface area contributed by atoms with Crippen LogP contribution in [0.15, 0.2) is 24.3 Å². The molecule has 7 nitrogen and oxygen atoms in total. The third-order valence-corrected chi connectivity index (χ3v) is 6.35. The summed E-state index contributed by atoms with van der Waals surface area (Å²) in [6, 6.07) is 5.49. The number of carbonyl (C=O) groups excluding carboxylic acids is 2. The largest absolute Gasteiger partial charge is 0.350 e. The number of benzene rings is 1. The van der Waals surface area contributed by atoms with Gasteiger partial charge in [0.1, 0.15) is 6.04 Å². The highest BCUT2D eigenvalue weighted by atomic mass is 35.5. The molecule has 2 atom stereocenters. The van der Waals surface area contributed by atoms with Gasteiger partial charge < -0.3 is 16.0 Å². The molecule has 2 rings (SSSR count). The van der Waals surface area contributed by atoms with Crippen molar-refractivity contribution in [2.75, 3.05) is 11.5 Å². The van der Waals surface area contributed by atoms with Crippen LogP contribution in [0, 0.1) is 5.92 Å². The summed E-state index contributed by atoms with van der Waals surface area (Å²) < 4.78 is 22.9. The molecule has 1 aromatic rings. The van der Waals surface area contributed by atoms with E-state index in [-0.39, 0.29) is 29.9 Å². The smallest absolute Gasteiger partial charge is 0.315 e. The van der Waals surface area contributed by atoms with Crippen molar-refractivity contribution in [2.45, 2.75) is 38.9 Å². The molecule has 3 N–H and O–H groups in total. The first-order valence-electron chi connectivity index (χ1n) is 8.46. The number of rotatable bonds is 6. The number of amides is 3. The number of halogens is 1. The fourth-order valence-corrected chi connectivity index (χ4v) is 4.62. The Morgan fingerprint density at radius 2 is 1.96 bits per heavy atom. The summed E-state index contributed by atoms with van der Waals surface area (Å²) in [5.41, 5.74) is 0.783. The number of urea groups is 1. The first kappa shape index (κ1) is 20.5. The van der Waals surface area contributed by atoms with Crippen LogP contribution >= 0.6 is 11.6 Å². The Morgan fingerprint density at radius 1 is 1.27 bits per heavy atom. The molecule has 1 aromatic carbocycles. The summed E-state index contributed by atoms with van der Waals surface area (Å²) in [4.78, 5) is 24.6. The summed E-state index contributed by atoms with van der Waals surface area (Å²) in [5.74, 6) is -0.455. The molecule has 1 saturated heterocycles.